The standard InChI is InChI=1S/C19H22ClFN2O3S2/c1-28(25,26)23(12-15-6-3-5-9-18(15)21)13-19(24)22-10-11-27-14-16-7-2-4-8-17(16)20/h2-9H,10-14H2,1H3,(H,22,24). The third-order valence-corrected chi connectivity index (χ3v) is 6.45. The lowest BCUT2D eigenvalue weighted by Crippen LogP contribution is -2.40. The summed E-state index contributed by atoms with van der Waals surface area (Å²) in [6, 6.07) is 13.5. The molecule has 0 aliphatic carbocycles. The minimum atomic E-state index is -3.67. The SMILES string of the molecule is CS(=O)(=O)N(CC(=O)NCCSCc1ccccc1Cl)Cc1ccccc1F. The van der Waals surface area contributed by atoms with Crippen molar-refractivity contribution in [2.75, 3.05) is 25.1 Å². The van der Waals surface area contributed by atoms with Gasteiger partial charge in [0.2, 0.25) is 15.9 Å². The Morgan fingerprint density at radius 1 is 1.14 bits per heavy atom. The van der Waals surface area contributed by atoms with E-state index in [-0.39, 0.29) is 18.7 Å². The topological polar surface area (TPSA) is 66.5 Å². The van der Waals surface area contributed by atoms with Crippen LogP contribution < -0.4 is 5.32 Å². The predicted octanol–water partition coefficient (Wildman–Crippen LogP) is 3.29. The number of carbonyl (C=O) groups excluding carboxylic acids is 1. The Labute approximate surface area is 174 Å². The summed E-state index contributed by atoms with van der Waals surface area (Å²) in [6.45, 7) is -0.159. The Kier molecular flexibility index (Phi) is 8.75. The van der Waals surface area contributed by atoms with Crippen LogP contribution in [0.25, 0.3) is 0 Å². The number of thioether (sulfide) groups is 1. The predicted molar refractivity (Wildman–Crippen MR) is 112 cm³/mol. The van der Waals surface area contributed by atoms with Crippen molar-refractivity contribution in [3.8, 4) is 0 Å². The largest absolute Gasteiger partial charge is 0.354 e. The number of sulfonamides is 1. The number of amides is 1. The van der Waals surface area contributed by atoms with Gasteiger partial charge in [-0.3, -0.25) is 4.79 Å². The summed E-state index contributed by atoms with van der Waals surface area (Å²) in [7, 11) is -3.67. The molecule has 2 aromatic rings. The molecule has 0 spiro atoms. The second-order valence-corrected chi connectivity index (χ2v) is 9.61. The van der Waals surface area contributed by atoms with Gasteiger partial charge in [0.05, 0.1) is 12.8 Å². The Morgan fingerprint density at radius 3 is 2.43 bits per heavy atom. The molecule has 1 amide bonds. The lowest BCUT2D eigenvalue weighted by molar-refractivity contribution is -0.121. The number of benzene rings is 2. The first-order valence-corrected chi connectivity index (χ1v) is 11.9. The first-order chi connectivity index (χ1) is 13.3. The normalized spacial score (nSPS) is 11.6. The highest BCUT2D eigenvalue weighted by Crippen LogP contribution is 2.20. The van der Waals surface area contributed by atoms with Gasteiger partial charge in [-0.25, -0.2) is 12.8 Å². The van der Waals surface area contributed by atoms with E-state index in [9.17, 15) is 17.6 Å². The van der Waals surface area contributed by atoms with Crippen molar-refractivity contribution in [1.82, 2.24) is 9.62 Å². The summed E-state index contributed by atoms with van der Waals surface area (Å²) in [5.41, 5.74) is 1.24. The molecule has 0 atom stereocenters. The Bertz CT molecular complexity index is 910. The molecular formula is C19H22ClFN2O3S2. The van der Waals surface area contributed by atoms with E-state index in [0.29, 0.717) is 17.3 Å². The molecule has 0 aromatic heterocycles. The number of hydrogen-bond donors (Lipinski definition) is 1. The average Bonchev–Trinajstić information content (AvgIpc) is 2.63. The van der Waals surface area contributed by atoms with Crippen molar-refractivity contribution >= 4 is 39.3 Å². The molecule has 5 nitrogen and oxygen atoms in total. The number of nitrogens with zero attached hydrogens (tertiary/aromatic N) is 1. The van der Waals surface area contributed by atoms with Gasteiger partial charge in [-0.15, -0.1) is 0 Å². The number of nitrogens with one attached hydrogen (secondary N) is 1. The minimum absolute atomic E-state index is 0.194. The molecule has 2 rings (SSSR count). The molecule has 28 heavy (non-hydrogen) atoms. The second-order valence-electron chi connectivity index (χ2n) is 6.12. The maximum Gasteiger partial charge on any atom is 0.235 e. The van der Waals surface area contributed by atoms with Crippen LogP contribution in [0.4, 0.5) is 4.39 Å². The van der Waals surface area contributed by atoms with Gasteiger partial charge in [-0.2, -0.15) is 16.1 Å². The van der Waals surface area contributed by atoms with Crippen LogP contribution >= 0.6 is 23.4 Å². The Morgan fingerprint density at radius 2 is 1.79 bits per heavy atom. The van der Waals surface area contributed by atoms with Crippen molar-refractivity contribution in [3.63, 3.8) is 0 Å². The summed E-state index contributed by atoms with van der Waals surface area (Å²) in [6.07, 6.45) is 1.00. The van der Waals surface area contributed by atoms with Crippen molar-refractivity contribution in [2.45, 2.75) is 12.3 Å². The minimum Gasteiger partial charge on any atom is -0.354 e. The highest BCUT2D eigenvalue weighted by atomic mass is 35.5. The number of carbonyl (C=O) groups is 1. The smallest absolute Gasteiger partial charge is 0.235 e. The summed E-state index contributed by atoms with van der Waals surface area (Å²) < 4.78 is 38.7. The molecule has 0 saturated carbocycles. The van der Waals surface area contributed by atoms with E-state index >= 15 is 0 Å². The number of rotatable bonds is 10. The first-order valence-electron chi connectivity index (χ1n) is 8.53. The van der Waals surface area contributed by atoms with E-state index in [4.69, 9.17) is 11.6 Å². The molecule has 0 unspecified atom stereocenters. The second kappa shape index (κ2) is 10.8. The summed E-state index contributed by atoms with van der Waals surface area (Å²) in [5, 5.41) is 3.40. The van der Waals surface area contributed by atoms with Gasteiger partial charge >= 0.3 is 0 Å². The third-order valence-electron chi connectivity index (χ3n) is 3.88. The maximum absolute atomic E-state index is 13.8. The summed E-state index contributed by atoms with van der Waals surface area (Å²) in [4.78, 5) is 12.1. The van der Waals surface area contributed by atoms with Gasteiger partial charge in [0, 0.05) is 35.2 Å². The lowest BCUT2D eigenvalue weighted by Gasteiger charge is -2.20. The van der Waals surface area contributed by atoms with Gasteiger partial charge in [0.15, 0.2) is 0 Å². The lowest BCUT2D eigenvalue weighted by atomic mass is 10.2. The molecule has 0 radical (unpaired) electrons. The van der Waals surface area contributed by atoms with E-state index in [2.05, 4.69) is 5.32 Å². The van der Waals surface area contributed by atoms with Crippen LogP contribution in [0.3, 0.4) is 0 Å². The van der Waals surface area contributed by atoms with E-state index < -0.39 is 21.7 Å². The van der Waals surface area contributed by atoms with E-state index in [0.717, 1.165) is 21.9 Å². The van der Waals surface area contributed by atoms with Crippen LogP contribution in [0.15, 0.2) is 48.5 Å². The van der Waals surface area contributed by atoms with Gasteiger partial charge in [-0.1, -0.05) is 48.0 Å². The van der Waals surface area contributed by atoms with Gasteiger partial charge in [0.25, 0.3) is 0 Å². The van der Waals surface area contributed by atoms with Crippen molar-refractivity contribution in [2.24, 2.45) is 0 Å². The van der Waals surface area contributed by atoms with E-state index in [1.165, 1.54) is 18.2 Å². The maximum atomic E-state index is 13.8. The highest BCUT2D eigenvalue weighted by molar-refractivity contribution is 7.98. The summed E-state index contributed by atoms with van der Waals surface area (Å²) in [5.74, 6) is 0.439. The highest BCUT2D eigenvalue weighted by Gasteiger charge is 2.21. The Balaban J connectivity index is 1.80. The van der Waals surface area contributed by atoms with Crippen LogP contribution in [0.5, 0.6) is 0 Å². The zero-order valence-electron chi connectivity index (χ0n) is 15.4. The fourth-order valence-corrected chi connectivity index (χ4v) is 4.25. The monoisotopic (exact) mass is 444 g/mol. The van der Waals surface area contributed by atoms with E-state index in [1.807, 2.05) is 24.3 Å². The summed E-state index contributed by atoms with van der Waals surface area (Å²) >= 11 is 7.70. The van der Waals surface area contributed by atoms with Crippen LogP contribution in [0.2, 0.25) is 5.02 Å². The molecule has 9 heteroatoms. The molecule has 0 saturated heterocycles. The zero-order chi connectivity index (χ0) is 20.6. The third kappa shape index (κ3) is 7.43. The van der Waals surface area contributed by atoms with Crippen molar-refractivity contribution in [1.29, 1.82) is 0 Å². The Hall–Kier alpha value is -1.61. The molecule has 0 aliphatic rings. The van der Waals surface area contributed by atoms with E-state index in [1.54, 1.807) is 17.8 Å². The fraction of sp³-hybridized carbons (Fsp3) is 0.316. The zero-order valence-corrected chi connectivity index (χ0v) is 17.8. The van der Waals surface area contributed by atoms with Gasteiger partial charge in [-0.05, 0) is 17.7 Å². The average molecular weight is 445 g/mol. The van der Waals surface area contributed by atoms with Crippen molar-refractivity contribution in [3.05, 3.63) is 70.5 Å². The van der Waals surface area contributed by atoms with Crippen LogP contribution in [0.1, 0.15) is 11.1 Å². The van der Waals surface area contributed by atoms with Crippen LogP contribution in [0, 0.1) is 5.82 Å². The van der Waals surface area contributed by atoms with Gasteiger partial charge < -0.3 is 5.32 Å². The molecule has 0 bridgehead atoms. The molecule has 152 valence electrons. The van der Waals surface area contributed by atoms with Crippen LogP contribution in [-0.4, -0.2) is 43.7 Å². The molecule has 0 heterocycles. The number of hydrogen-bond acceptors (Lipinski definition) is 4. The van der Waals surface area contributed by atoms with Gasteiger partial charge in [0.1, 0.15) is 5.82 Å². The first kappa shape index (κ1) is 22.7. The molecule has 0 fully saturated rings. The van der Waals surface area contributed by atoms with Crippen LogP contribution in [-0.2, 0) is 27.1 Å². The molecule has 1 N–H and O–H groups in total. The quantitative estimate of drug-likeness (QED) is 0.571. The molecule has 0 aliphatic heterocycles. The fourth-order valence-electron chi connectivity index (χ4n) is 2.38. The number of halogens is 2. The molecule has 2 aromatic carbocycles. The molecular weight excluding hydrogens is 423 g/mol. The van der Waals surface area contributed by atoms with Crippen molar-refractivity contribution < 1.29 is 17.6 Å².